The van der Waals surface area contributed by atoms with Gasteiger partial charge in [-0.05, 0) is 12.5 Å². The highest BCUT2D eigenvalue weighted by Gasteiger charge is 2.02. The average molecular weight is 186 g/mol. The van der Waals surface area contributed by atoms with Gasteiger partial charge in [0, 0.05) is 6.42 Å². The SMILES string of the molecule is CC.Cc1ccc(CC(F)F)cc1. The van der Waals surface area contributed by atoms with Crippen molar-refractivity contribution in [3.05, 3.63) is 35.4 Å². The van der Waals surface area contributed by atoms with Gasteiger partial charge in [0.15, 0.2) is 0 Å². The highest BCUT2D eigenvalue weighted by atomic mass is 19.3. The van der Waals surface area contributed by atoms with E-state index in [1.165, 1.54) is 0 Å². The zero-order chi connectivity index (χ0) is 10.3. The largest absolute Gasteiger partial charge is 0.242 e. The third kappa shape index (κ3) is 5.34. The summed E-state index contributed by atoms with van der Waals surface area (Å²) in [6.07, 6.45) is -2.38. The Morgan fingerprint density at radius 1 is 1.08 bits per heavy atom. The molecular formula is C11H16F2. The van der Waals surface area contributed by atoms with Crippen LogP contribution in [0.5, 0.6) is 0 Å². The fraction of sp³-hybridized carbons (Fsp3) is 0.455. The molecule has 0 unspecified atom stereocenters. The average Bonchev–Trinajstić information content (AvgIpc) is 2.12. The molecule has 0 fully saturated rings. The summed E-state index contributed by atoms with van der Waals surface area (Å²) in [5.41, 5.74) is 1.80. The maximum absolute atomic E-state index is 11.8. The van der Waals surface area contributed by atoms with Gasteiger partial charge in [0.1, 0.15) is 0 Å². The minimum absolute atomic E-state index is 0.139. The Kier molecular flexibility index (Phi) is 6.11. The maximum Gasteiger partial charge on any atom is 0.242 e. The second-order valence-corrected chi connectivity index (χ2v) is 2.58. The van der Waals surface area contributed by atoms with Crippen LogP contribution in [0.3, 0.4) is 0 Å². The van der Waals surface area contributed by atoms with Gasteiger partial charge in [0.2, 0.25) is 6.43 Å². The molecule has 0 aliphatic heterocycles. The summed E-state index contributed by atoms with van der Waals surface area (Å²) in [6, 6.07) is 7.17. The molecule has 74 valence electrons. The Hall–Kier alpha value is -0.920. The molecule has 13 heavy (non-hydrogen) atoms. The molecule has 1 aromatic carbocycles. The van der Waals surface area contributed by atoms with Gasteiger partial charge >= 0.3 is 0 Å². The van der Waals surface area contributed by atoms with E-state index in [-0.39, 0.29) is 6.42 Å². The number of hydrogen-bond acceptors (Lipinski definition) is 0. The summed E-state index contributed by atoms with van der Waals surface area (Å²) < 4.78 is 23.6. The van der Waals surface area contributed by atoms with Gasteiger partial charge in [-0.15, -0.1) is 0 Å². The van der Waals surface area contributed by atoms with Gasteiger partial charge in [-0.25, -0.2) is 8.78 Å². The first kappa shape index (κ1) is 12.1. The van der Waals surface area contributed by atoms with Crippen molar-refractivity contribution in [2.75, 3.05) is 0 Å². The van der Waals surface area contributed by atoms with Crippen molar-refractivity contribution in [1.29, 1.82) is 0 Å². The minimum Gasteiger partial charge on any atom is -0.210 e. The van der Waals surface area contributed by atoms with Gasteiger partial charge in [0.25, 0.3) is 0 Å². The van der Waals surface area contributed by atoms with E-state index in [2.05, 4.69) is 0 Å². The third-order valence-corrected chi connectivity index (χ3v) is 1.51. The molecule has 1 aromatic rings. The van der Waals surface area contributed by atoms with E-state index in [0.717, 1.165) is 5.56 Å². The molecule has 0 aliphatic carbocycles. The van der Waals surface area contributed by atoms with Gasteiger partial charge in [-0.2, -0.15) is 0 Å². The van der Waals surface area contributed by atoms with Crippen LogP contribution >= 0.6 is 0 Å². The molecule has 0 aliphatic rings. The van der Waals surface area contributed by atoms with Crippen molar-refractivity contribution in [3.8, 4) is 0 Å². The summed E-state index contributed by atoms with van der Waals surface area (Å²) in [7, 11) is 0. The highest BCUT2D eigenvalue weighted by molar-refractivity contribution is 5.21. The molecule has 0 atom stereocenters. The number of rotatable bonds is 2. The maximum atomic E-state index is 11.8. The molecule has 0 amide bonds. The van der Waals surface area contributed by atoms with E-state index in [9.17, 15) is 8.78 Å². The lowest BCUT2D eigenvalue weighted by molar-refractivity contribution is 0.149. The number of benzene rings is 1. The zero-order valence-electron chi connectivity index (χ0n) is 8.35. The number of aryl methyl sites for hydroxylation is 1. The van der Waals surface area contributed by atoms with E-state index in [4.69, 9.17) is 0 Å². The Bertz CT molecular complexity index is 214. The molecule has 1 rings (SSSR count). The molecule has 0 spiro atoms. The second kappa shape index (κ2) is 6.58. The monoisotopic (exact) mass is 186 g/mol. The van der Waals surface area contributed by atoms with E-state index >= 15 is 0 Å². The Morgan fingerprint density at radius 3 is 1.92 bits per heavy atom. The summed E-state index contributed by atoms with van der Waals surface area (Å²) in [5.74, 6) is 0. The fourth-order valence-electron chi connectivity index (χ4n) is 0.902. The van der Waals surface area contributed by atoms with Crippen molar-refractivity contribution in [2.45, 2.75) is 33.6 Å². The lowest BCUT2D eigenvalue weighted by Gasteiger charge is -1.99. The summed E-state index contributed by atoms with van der Waals surface area (Å²) in [5, 5.41) is 0. The Balaban J connectivity index is 0.000000671. The quantitative estimate of drug-likeness (QED) is 0.658. The van der Waals surface area contributed by atoms with E-state index in [1.54, 1.807) is 12.1 Å². The smallest absolute Gasteiger partial charge is 0.210 e. The van der Waals surface area contributed by atoms with Crippen molar-refractivity contribution < 1.29 is 8.78 Å². The predicted molar refractivity (Wildman–Crippen MR) is 52.2 cm³/mol. The van der Waals surface area contributed by atoms with Crippen LogP contribution in [0, 0.1) is 6.92 Å². The molecule has 0 aromatic heterocycles. The van der Waals surface area contributed by atoms with Crippen LogP contribution in [0.4, 0.5) is 8.78 Å². The first-order chi connectivity index (χ1) is 6.18. The van der Waals surface area contributed by atoms with Crippen molar-refractivity contribution in [1.82, 2.24) is 0 Å². The predicted octanol–water partition coefficient (Wildman–Crippen LogP) is 3.83. The number of alkyl halides is 2. The highest BCUT2D eigenvalue weighted by Crippen LogP contribution is 2.08. The Morgan fingerprint density at radius 2 is 1.54 bits per heavy atom. The minimum atomic E-state index is -2.24. The first-order valence-electron chi connectivity index (χ1n) is 4.52. The number of halogens is 2. The van der Waals surface area contributed by atoms with Crippen LogP contribution in [0.15, 0.2) is 24.3 Å². The number of hydrogen-bond donors (Lipinski definition) is 0. The van der Waals surface area contributed by atoms with Gasteiger partial charge in [-0.3, -0.25) is 0 Å². The molecule has 0 N–H and O–H groups in total. The first-order valence-corrected chi connectivity index (χ1v) is 4.52. The molecule has 0 radical (unpaired) electrons. The van der Waals surface area contributed by atoms with Crippen LogP contribution in [0.1, 0.15) is 25.0 Å². The van der Waals surface area contributed by atoms with E-state index in [1.807, 2.05) is 32.9 Å². The topological polar surface area (TPSA) is 0 Å². The Labute approximate surface area is 78.6 Å². The summed E-state index contributed by atoms with van der Waals surface area (Å²) in [6.45, 7) is 5.94. The summed E-state index contributed by atoms with van der Waals surface area (Å²) >= 11 is 0. The molecule has 2 heteroatoms. The third-order valence-electron chi connectivity index (χ3n) is 1.51. The lowest BCUT2D eigenvalue weighted by atomic mass is 10.1. The molecule has 0 nitrogen and oxygen atoms in total. The normalized spacial score (nSPS) is 9.38. The molecule has 0 heterocycles. The zero-order valence-corrected chi connectivity index (χ0v) is 8.35. The van der Waals surface area contributed by atoms with Crippen molar-refractivity contribution in [3.63, 3.8) is 0 Å². The van der Waals surface area contributed by atoms with Crippen molar-refractivity contribution in [2.24, 2.45) is 0 Å². The van der Waals surface area contributed by atoms with Crippen molar-refractivity contribution >= 4 is 0 Å². The van der Waals surface area contributed by atoms with Crippen LogP contribution < -0.4 is 0 Å². The van der Waals surface area contributed by atoms with E-state index < -0.39 is 6.43 Å². The molecular weight excluding hydrogens is 170 g/mol. The van der Waals surface area contributed by atoms with Gasteiger partial charge in [0.05, 0.1) is 0 Å². The fourth-order valence-corrected chi connectivity index (χ4v) is 0.902. The molecule has 0 bridgehead atoms. The van der Waals surface area contributed by atoms with Crippen LogP contribution in [-0.2, 0) is 6.42 Å². The molecule has 0 saturated heterocycles. The lowest BCUT2D eigenvalue weighted by Crippen LogP contribution is -1.95. The van der Waals surface area contributed by atoms with E-state index in [0.29, 0.717) is 5.56 Å². The van der Waals surface area contributed by atoms with Gasteiger partial charge < -0.3 is 0 Å². The summed E-state index contributed by atoms with van der Waals surface area (Å²) in [4.78, 5) is 0. The second-order valence-electron chi connectivity index (χ2n) is 2.58. The van der Waals surface area contributed by atoms with Gasteiger partial charge in [-0.1, -0.05) is 43.7 Å². The standard InChI is InChI=1S/C9H10F2.C2H6/c1-7-2-4-8(5-3-7)6-9(10)11;1-2/h2-5,9H,6H2,1H3;1-2H3. The van der Waals surface area contributed by atoms with Crippen LogP contribution in [0.25, 0.3) is 0 Å². The molecule has 0 saturated carbocycles. The van der Waals surface area contributed by atoms with Crippen LogP contribution in [-0.4, -0.2) is 6.43 Å². The van der Waals surface area contributed by atoms with Crippen LogP contribution in [0.2, 0.25) is 0 Å².